The number of nitrogens with zero attached hydrogens (tertiary/aromatic N) is 4. The summed E-state index contributed by atoms with van der Waals surface area (Å²) in [7, 11) is -4.53. The van der Waals surface area contributed by atoms with Crippen LogP contribution in [0.2, 0.25) is 0 Å². The quantitative estimate of drug-likeness (QED) is 0.0510. The minimum absolute atomic E-state index is 0.143. The molecule has 0 amide bonds. The smallest absolute Gasteiger partial charge is 0.382 e. The molecule has 3 N–H and O–H groups in total. The van der Waals surface area contributed by atoms with Gasteiger partial charge in [0.25, 0.3) is 0 Å². The Morgan fingerprint density at radius 3 is 2.22 bits per heavy atom. The maximum Gasteiger partial charge on any atom is 0.472 e. The molecule has 1 aliphatic rings. The third-order valence-corrected chi connectivity index (χ3v) is 10.9. The van der Waals surface area contributed by atoms with Crippen LogP contribution in [0.5, 0.6) is 0 Å². The minimum Gasteiger partial charge on any atom is -0.382 e. The number of aromatic nitrogens is 3. The van der Waals surface area contributed by atoms with Crippen molar-refractivity contribution in [3.05, 3.63) is 59.8 Å². The number of ether oxygens (including phenoxy) is 3. The number of unbranched alkanes of at least 4 members (excludes halogenated alkanes) is 15. The van der Waals surface area contributed by atoms with Gasteiger partial charge in [-0.3, -0.25) is 9.05 Å². The summed E-state index contributed by atoms with van der Waals surface area (Å²) in [6, 6.07) is 11.6. The number of nitrogen functional groups attached to an aromatic ring is 1. The summed E-state index contributed by atoms with van der Waals surface area (Å²) in [5, 5.41) is 14.3. The van der Waals surface area contributed by atoms with Crippen molar-refractivity contribution in [3.63, 3.8) is 0 Å². The van der Waals surface area contributed by atoms with Crippen LogP contribution in [0, 0.1) is 17.1 Å². The Bertz CT molecular complexity index is 1590. The van der Waals surface area contributed by atoms with Gasteiger partial charge >= 0.3 is 7.82 Å². The number of nitrogens with two attached hydrogens (primary N) is 1. The van der Waals surface area contributed by atoms with Crippen LogP contribution in [0.1, 0.15) is 134 Å². The SMILES string of the molecule is CCCCCCCCCCCCCCCCCCOC[C@H](COP(=O)(O)OC[C@@H]1CC[C@](C#N)(c2ccc3c(N)ncnn23)O1)OCc1ccc(F)cc1. The van der Waals surface area contributed by atoms with E-state index in [4.69, 9.17) is 29.0 Å². The number of fused-ring (bicyclic) bond motifs is 1. The van der Waals surface area contributed by atoms with Crippen molar-refractivity contribution in [1.82, 2.24) is 14.6 Å². The standard InChI is InChI=1S/C40H61FN5O7P/c1-2-3-4-5-6-7-8-9-10-11-12-13-14-15-16-17-26-49-28-36(50-27-33-18-20-34(41)21-19-33)30-52-54(47,48)51-29-35-24-25-40(31-42,53-35)38-23-22-37-39(43)44-32-45-46(37)38/h18-23,32,35-36H,2-17,24-30H2,1H3,(H,47,48)(H2,43,44,45)/t35-,36+,40-/m0/s1. The Hall–Kier alpha value is -2.95. The Morgan fingerprint density at radius 1 is 0.963 bits per heavy atom. The maximum atomic E-state index is 13.4. The normalized spacial score (nSPS) is 18.9. The second kappa shape index (κ2) is 23.9. The second-order valence-corrected chi connectivity index (χ2v) is 15.8. The zero-order chi connectivity index (χ0) is 38.5. The molecule has 4 rings (SSSR count). The van der Waals surface area contributed by atoms with Crippen molar-refractivity contribution in [1.29, 1.82) is 5.26 Å². The lowest BCUT2D eigenvalue weighted by Crippen LogP contribution is -2.28. The molecule has 0 bridgehead atoms. The lowest BCUT2D eigenvalue weighted by molar-refractivity contribution is -0.0560. The summed E-state index contributed by atoms with van der Waals surface area (Å²) in [6.45, 7) is 2.56. The van der Waals surface area contributed by atoms with Gasteiger partial charge in [-0.1, -0.05) is 115 Å². The molecule has 54 heavy (non-hydrogen) atoms. The molecule has 3 aromatic rings. The summed E-state index contributed by atoms with van der Waals surface area (Å²) < 4.78 is 56.4. The highest BCUT2D eigenvalue weighted by Gasteiger charge is 2.45. The Balaban J connectivity index is 1.12. The minimum atomic E-state index is -4.53. The number of hydrogen-bond acceptors (Lipinski definition) is 10. The van der Waals surface area contributed by atoms with E-state index in [1.165, 1.54) is 113 Å². The average molecular weight is 774 g/mol. The van der Waals surface area contributed by atoms with E-state index < -0.39 is 25.6 Å². The summed E-state index contributed by atoms with van der Waals surface area (Å²) in [6.07, 6.45) is 21.4. The molecule has 14 heteroatoms. The van der Waals surface area contributed by atoms with E-state index in [1.54, 1.807) is 24.3 Å². The zero-order valence-corrected chi connectivity index (χ0v) is 32.9. The number of nitriles is 1. The molecule has 1 aromatic carbocycles. The molecule has 12 nitrogen and oxygen atoms in total. The van der Waals surface area contributed by atoms with Gasteiger partial charge in [-0.25, -0.2) is 18.5 Å². The average Bonchev–Trinajstić information content (AvgIpc) is 3.81. The molecule has 0 radical (unpaired) electrons. The van der Waals surface area contributed by atoms with Crippen LogP contribution < -0.4 is 5.73 Å². The van der Waals surface area contributed by atoms with Crippen LogP contribution in [-0.2, 0) is 40.0 Å². The monoisotopic (exact) mass is 773 g/mol. The van der Waals surface area contributed by atoms with Gasteiger partial charge in [-0.05, 0) is 49.1 Å². The molecule has 1 saturated heterocycles. The molecule has 300 valence electrons. The molecule has 0 spiro atoms. The highest BCUT2D eigenvalue weighted by Crippen LogP contribution is 2.46. The number of rotatable bonds is 29. The third-order valence-electron chi connectivity index (χ3n) is 9.95. The van der Waals surface area contributed by atoms with Gasteiger partial charge in [0.15, 0.2) is 11.4 Å². The first-order valence-corrected chi connectivity index (χ1v) is 21.5. The molecule has 3 heterocycles. The van der Waals surface area contributed by atoms with Crippen LogP contribution in [-0.4, -0.2) is 58.1 Å². The van der Waals surface area contributed by atoms with Crippen molar-refractivity contribution in [2.45, 2.75) is 147 Å². The molecule has 2 aromatic heterocycles. The van der Waals surface area contributed by atoms with Crippen LogP contribution in [0.3, 0.4) is 0 Å². The van der Waals surface area contributed by atoms with Crippen molar-refractivity contribution >= 4 is 19.2 Å². The Morgan fingerprint density at radius 2 is 1.59 bits per heavy atom. The lowest BCUT2D eigenvalue weighted by Gasteiger charge is -2.23. The fourth-order valence-electron chi connectivity index (χ4n) is 6.77. The van der Waals surface area contributed by atoms with Crippen molar-refractivity contribution in [2.75, 3.05) is 32.2 Å². The van der Waals surface area contributed by atoms with E-state index in [0.717, 1.165) is 18.4 Å². The van der Waals surface area contributed by atoms with Gasteiger partial charge in [-0.2, -0.15) is 10.4 Å². The first-order chi connectivity index (χ1) is 26.2. The largest absolute Gasteiger partial charge is 0.472 e. The number of phosphoric acid groups is 1. The van der Waals surface area contributed by atoms with Gasteiger partial charge in [0.05, 0.1) is 38.2 Å². The van der Waals surface area contributed by atoms with Crippen LogP contribution in [0.25, 0.3) is 5.52 Å². The van der Waals surface area contributed by atoms with E-state index >= 15 is 0 Å². The summed E-state index contributed by atoms with van der Waals surface area (Å²) >= 11 is 0. The number of hydrogen-bond donors (Lipinski definition) is 2. The number of benzene rings is 1. The topological polar surface area (TPSA) is 163 Å². The van der Waals surface area contributed by atoms with Crippen LogP contribution in [0.15, 0.2) is 42.7 Å². The first kappa shape index (κ1) is 43.8. The molecule has 1 unspecified atom stereocenters. The Kier molecular flexibility index (Phi) is 19.3. The fraction of sp³-hybridized carbons (Fsp3) is 0.675. The highest BCUT2D eigenvalue weighted by atomic mass is 31.2. The zero-order valence-electron chi connectivity index (χ0n) is 32.0. The van der Waals surface area contributed by atoms with E-state index in [1.807, 2.05) is 0 Å². The molecular formula is C40H61FN5O7P. The molecule has 0 aliphatic carbocycles. The van der Waals surface area contributed by atoms with Gasteiger partial charge in [-0.15, -0.1) is 0 Å². The molecule has 1 fully saturated rings. The third kappa shape index (κ3) is 14.9. The van der Waals surface area contributed by atoms with Crippen molar-refractivity contribution in [2.24, 2.45) is 0 Å². The Labute approximate surface area is 320 Å². The van der Waals surface area contributed by atoms with Crippen LogP contribution >= 0.6 is 7.82 Å². The van der Waals surface area contributed by atoms with Gasteiger partial charge in [0, 0.05) is 6.61 Å². The maximum absolute atomic E-state index is 13.4. The van der Waals surface area contributed by atoms with E-state index in [-0.39, 0.29) is 38.1 Å². The van der Waals surface area contributed by atoms with Crippen molar-refractivity contribution in [3.8, 4) is 6.07 Å². The fourth-order valence-corrected chi connectivity index (χ4v) is 7.55. The number of phosphoric ester groups is 1. The molecule has 4 atom stereocenters. The highest BCUT2D eigenvalue weighted by molar-refractivity contribution is 7.47. The van der Waals surface area contributed by atoms with E-state index in [9.17, 15) is 19.1 Å². The first-order valence-electron chi connectivity index (χ1n) is 20.0. The van der Waals surface area contributed by atoms with Gasteiger partial charge in [0.2, 0.25) is 0 Å². The second-order valence-electron chi connectivity index (χ2n) is 14.4. The summed E-state index contributed by atoms with van der Waals surface area (Å²) in [5.41, 5.74) is 6.38. The van der Waals surface area contributed by atoms with E-state index in [2.05, 4.69) is 23.1 Å². The van der Waals surface area contributed by atoms with Gasteiger partial charge < -0.3 is 24.8 Å². The van der Waals surface area contributed by atoms with Gasteiger partial charge in [0.1, 0.15) is 29.8 Å². The lowest BCUT2D eigenvalue weighted by atomic mass is 9.98. The summed E-state index contributed by atoms with van der Waals surface area (Å²) in [4.78, 5) is 14.5. The van der Waals surface area contributed by atoms with Crippen molar-refractivity contribution < 1.29 is 37.1 Å². The van der Waals surface area contributed by atoms with Crippen LogP contribution in [0.4, 0.5) is 10.2 Å². The van der Waals surface area contributed by atoms with E-state index in [0.29, 0.717) is 30.7 Å². The molecule has 0 saturated carbocycles. The number of halogens is 1. The number of anilines is 1. The predicted octanol–water partition coefficient (Wildman–Crippen LogP) is 9.35. The summed E-state index contributed by atoms with van der Waals surface area (Å²) in [5.74, 6) is -0.0796. The molecular weight excluding hydrogens is 712 g/mol. The molecule has 1 aliphatic heterocycles. The predicted molar refractivity (Wildman–Crippen MR) is 206 cm³/mol.